The fourth-order valence-electron chi connectivity index (χ4n) is 8.79. The van der Waals surface area contributed by atoms with Crippen LogP contribution < -0.4 is 0 Å². The summed E-state index contributed by atoms with van der Waals surface area (Å²) >= 11 is 0. The molecule has 3 saturated carbocycles. The molecule has 0 heterocycles. The summed E-state index contributed by atoms with van der Waals surface area (Å²) in [6.45, 7) is 14.5. The standard InChI is InChI=1S/C28H46O2/c1-17(2)18(3)7-8-19(4)23-11-12-24-22-10-9-20-15-21(29)13-14-27(20,5)26(22)25(30)16-28(23,24)6/h13-14,17-20,22-26,30H,7-12,15-16H2,1-6H3/t18-,19+,20-,22-,23-,24+,25+,26-,27-,28-/m0/s1. The van der Waals surface area contributed by atoms with Crippen LogP contribution in [0.15, 0.2) is 12.2 Å². The predicted molar refractivity (Wildman–Crippen MR) is 124 cm³/mol. The highest BCUT2D eigenvalue weighted by Gasteiger charge is 2.62. The van der Waals surface area contributed by atoms with Crippen molar-refractivity contribution < 1.29 is 9.90 Å². The average Bonchev–Trinajstić information content (AvgIpc) is 3.02. The van der Waals surface area contributed by atoms with Crippen molar-refractivity contribution in [1.82, 2.24) is 0 Å². The van der Waals surface area contributed by atoms with Crippen molar-refractivity contribution in [3.8, 4) is 0 Å². The molecule has 0 radical (unpaired) electrons. The molecular formula is C28H46O2. The van der Waals surface area contributed by atoms with Gasteiger partial charge in [0.15, 0.2) is 5.78 Å². The predicted octanol–water partition coefficient (Wildman–Crippen LogP) is 6.67. The third kappa shape index (κ3) is 3.54. The van der Waals surface area contributed by atoms with Crippen molar-refractivity contribution in [2.24, 2.45) is 58.2 Å². The largest absolute Gasteiger partial charge is 0.393 e. The van der Waals surface area contributed by atoms with E-state index in [1.54, 1.807) is 0 Å². The van der Waals surface area contributed by atoms with Crippen molar-refractivity contribution in [2.75, 3.05) is 0 Å². The lowest BCUT2D eigenvalue weighted by Gasteiger charge is -2.61. The first-order valence-corrected chi connectivity index (χ1v) is 13.0. The summed E-state index contributed by atoms with van der Waals surface area (Å²) < 4.78 is 0. The molecule has 1 N–H and O–H groups in total. The minimum atomic E-state index is -0.218. The lowest BCUT2D eigenvalue weighted by Crippen LogP contribution is -2.58. The van der Waals surface area contributed by atoms with Crippen LogP contribution in [0.4, 0.5) is 0 Å². The number of fused-ring (bicyclic) bond motifs is 5. The maximum atomic E-state index is 12.1. The lowest BCUT2D eigenvalue weighted by atomic mass is 9.44. The molecule has 0 saturated heterocycles. The number of carbonyl (C=O) groups is 1. The maximum absolute atomic E-state index is 12.1. The molecule has 4 rings (SSSR count). The van der Waals surface area contributed by atoms with E-state index in [2.05, 4.69) is 47.6 Å². The molecule has 0 bridgehead atoms. The van der Waals surface area contributed by atoms with Crippen LogP contribution in [0.25, 0.3) is 0 Å². The van der Waals surface area contributed by atoms with Gasteiger partial charge in [0, 0.05) is 6.42 Å². The van der Waals surface area contributed by atoms with Gasteiger partial charge in [0.25, 0.3) is 0 Å². The van der Waals surface area contributed by atoms with Gasteiger partial charge in [-0.1, -0.05) is 60.5 Å². The van der Waals surface area contributed by atoms with Crippen LogP contribution in [0.5, 0.6) is 0 Å². The van der Waals surface area contributed by atoms with Gasteiger partial charge in [0.1, 0.15) is 0 Å². The molecule has 0 aliphatic heterocycles. The first-order chi connectivity index (χ1) is 14.1. The number of carbonyl (C=O) groups excluding carboxylic acids is 1. The smallest absolute Gasteiger partial charge is 0.155 e. The third-order valence-corrected chi connectivity index (χ3v) is 10.9. The van der Waals surface area contributed by atoms with E-state index in [9.17, 15) is 9.90 Å². The van der Waals surface area contributed by atoms with Crippen LogP contribution in [-0.2, 0) is 4.79 Å². The van der Waals surface area contributed by atoms with Gasteiger partial charge >= 0.3 is 0 Å². The van der Waals surface area contributed by atoms with E-state index in [0.29, 0.717) is 29.6 Å². The number of ketones is 1. The van der Waals surface area contributed by atoms with Crippen LogP contribution in [0.3, 0.4) is 0 Å². The highest BCUT2D eigenvalue weighted by Crippen LogP contribution is 2.67. The molecule has 0 unspecified atom stereocenters. The molecule has 2 heteroatoms. The Kier molecular flexibility index (Phi) is 6.06. The van der Waals surface area contributed by atoms with Gasteiger partial charge < -0.3 is 5.11 Å². The van der Waals surface area contributed by atoms with Gasteiger partial charge in [-0.25, -0.2) is 0 Å². The first-order valence-electron chi connectivity index (χ1n) is 13.0. The number of aliphatic hydroxyl groups is 1. The van der Waals surface area contributed by atoms with Gasteiger partial charge in [-0.2, -0.15) is 0 Å². The Labute approximate surface area is 185 Å². The summed E-state index contributed by atoms with van der Waals surface area (Å²) in [7, 11) is 0. The van der Waals surface area contributed by atoms with E-state index < -0.39 is 0 Å². The quantitative estimate of drug-likeness (QED) is 0.545. The molecule has 30 heavy (non-hydrogen) atoms. The second-order valence-corrected chi connectivity index (χ2v) is 12.7. The number of hydrogen-bond donors (Lipinski definition) is 1. The summed E-state index contributed by atoms with van der Waals surface area (Å²) in [4.78, 5) is 12.1. The Morgan fingerprint density at radius 3 is 2.50 bits per heavy atom. The van der Waals surface area contributed by atoms with Gasteiger partial charge in [-0.3, -0.25) is 4.79 Å². The normalized spacial score (nSPS) is 47.5. The fourth-order valence-corrected chi connectivity index (χ4v) is 8.79. The zero-order valence-corrected chi connectivity index (χ0v) is 20.4. The molecule has 0 amide bonds. The van der Waals surface area contributed by atoms with Crippen LogP contribution >= 0.6 is 0 Å². The summed E-state index contributed by atoms with van der Waals surface area (Å²) in [6.07, 6.45) is 13.2. The molecular weight excluding hydrogens is 368 g/mol. The molecule has 4 aliphatic rings. The Balaban J connectivity index is 1.53. The summed E-state index contributed by atoms with van der Waals surface area (Å²) in [6, 6.07) is 0. The van der Waals surface area contributed by atoms with Crippen molar-refractivity contribution in [2.45, 2.75) is 99.0 Å². The average molecular weight is 415 g/mol. The third-order valence-electron chi connectivity index (χ3n) is 10.9. The summed E-state index contributed by atoms with van der Waals surface area (Å²) in [5.74, 6) is 5.53. The Hall–Kier alpha value is -0.630. The molecule has 3 fully saturated rings. The van der Waals surface area contributed by atoms with Crippen molar-refractivity contribution in [3.05, 3.63) is 12.2 Å². The maximum Gasteiger partial charge on any atom is 0.155 e. The van der Waals surface area contributed by atoms with Crippen molar-refractivity contribution in [1.29, 1.82) is 0 Å². The zero-order chi connectivity index (χ0) is 21.8. The molecule has 170 valence electrons. The van der Waals surface area contributed by atoms with E-state index in [-0.39, 0.29) is 17.3 Å². The van der Waals surface area contributed by atoms with Crippen LogP contribution in [0.2, 0.25) is 0 Å². The number of hydrogen-bond acceptors (Lipinski definition) is 2. The minimum absolute atomic E-state index is 0.00791. The highest BCUT2D eigenvalue weighted by atomic mass is 16.3. The second-order valence-electron chi connectivity index (χ2n) is 12.7. The molecule has 2 nitrogen and oxygen atoms in total. The van der Waals surface area contributed by atoms with Gasteiger partial charge in [0.2, 0.25) is 0 Å². The van der Waals surface area contributed by atoms with Gasteiger partial charge in [0.05, 0.1) is 6.10 Å². The molecule has 0 aromatic rings. The number of allylic oxidation sites excluding steroid dienone is 2. The van der Waals surface area contributed by atoms with E-state index in [0.717, 1.165) is 36.0 Å². The molecule has 0 spiro atoms. The van der Waals surface area contributed by atoms with E-state index in [1.807, 2.05) is 6.08 Å². The first kappa shape index (κ1) is 22.6. The van der Waals surface area contributed by atoms with Gasteiger partial charge in [-0.05, 0) is 96.4 Å². The van der Waals surface area contributed by atoms with E-state index >= 15 is 0 Å². The second kappa shape index (κ2) is 8.05. The van der Waals surface area contributed by atoms with Crippen LogP contribution in [0.1, 0.15) is 92.9 Å². The summed E-state index contributed by atoms with van der Waals surface area (Å²) in [5, 5.41) is 11.6. The molecule has 4 aliphatic carbocycles. The zero-order valence-electron chi connectivity index (χ0n) is 20.4. The topological polar surface area (TPSA) is 37.3 Å². The Morgan fingerprint density at radius 1 is 1.07 bits per heavy atom. The number of aliphatic hydroxyl groups excluding tert-OH is 1. The fraction of sp³-hybridized carbons (Fsp3) is 0.893. The molecule has 0 aromatic carbocycles. The van der Waals surface area contributed by atoms with E-state index in [4.69, 9.17) is 0 Å². The Morgan fingerprint density at radius 2 is 1.80 bits per heavy atom. The Bertz CT molecular complexity index is 680. The van der Waals surface area contributed by atoms with E-state index in [1.165, 1.54) is 38.5 Å². The summed E-state index contributed by atoms with van der Waals surface area (Å²) in [5.41, 5.74) is 0.298. The SMILES string of the molecule is CC(C)[C@@H](C)CC[C@@H](C)[C@@H]1CC[C@@H]2[C@@H]3CC[C@H]4CC(=O)C=C[C@]4(C)[C@@H]3[C@H](O)C[C@]21C. The molecule has 10 atom stereocenters. The number of rotatable bonds is 5. The van der Waals surface area contributed by atoms with Crippen molar-refractivity contribution >= 4 is 5.78 Å². The van der Waals surface area contributed by atoms with Gasteiger partial charge in [-0.15, -0.1) is 0 Å². The van der Waals surface area contributed by atoms with Crippen LogP contribution in [-0.4, -0.2) is 17.0 Å². The lowest BCUT2D eigenvalue weighted by molar-refractivity contribution is -0.153. The highest BCUT2D eigenvalue weighted by molar-refractivity contribution is 5.91. The monoisotopic (exact) mass is 414 g/mol. The minimum Gasteiger partial charge on any atom is -0.393 e. The molecule has 0 aromatic heterocycles. The van der Waals surface area contributed by atoms with Crippen LogP contribution in [0, 0.1) is 58.2 Å². The van der Waals surface area contributed by atoms with Crippen molar-refractivity contribution in [3.63, 3.8) is 0 Å².